The number of alkyl halides is 2. The number of hydrogen-bond donors (Lipinski definition) is 1. The first kappa shape index (κ1) is 16.3. The number of aromatic nitrogens is 5. The predicted octanol–water partition coefficient (Wildman–Crippen LogP) is 2.40. The molecule has 0 spiro atoms. The van der Waals surface area contributed by atoms with Gasteiger partial charge in [-0.15, -0.1) is 5.10 Å². The Labute approximate surface area is 152 Å². The molecule has 4 heterocycles. The van der Waals surface area contributed by atoms with Crippen molar-refractivity contribution in [3.05, 3.63) is 29.5 Å². The third-order valence-electron chi connectivity index (χ3n) is 4.89. The molecule has 3 aromatic rings. The Morgan fingerprint density at radius 1 is 1.30 bits per heavy atom. The van der Waals surface area contributed by atoms with Crippen molar-refractivity contribution < 1.29 is 18.0 Å². The summed E-state index contributed by atoms with van der Waals surface area (Å²) in [5.74, 6) is 1.10. The maximum absolute atomic E-state index is 13.7. The van der Waals surface area contributed by atoms with E-state index in [1.807, 2.05) is 18.2 Å². The van der Waals surface area contributed by atoms with E-state index in [0.717, 1.165) is 36.3 Å². The standard InChI is InChI=1S/C17H16F2N6O2/c18-15(19)14-13(22-24-25(14)11-3-5-20-8-11)17-21-16(23-27-17)10-1-2-12-9(7-10)4-6-26-12/h1-2,7,11,15,20H,3-6,8H2. The smallest absolute Gasteiger partial charge is 0.282 e. The normalized spacial score (nSPS) is 18.9. The molecule has 2 aromatic heterocycles. The van der Waals surface area contributed by atoms with Crippen molar-refractivity contribution >= 4 is 0 Å². The quantitative estimate of drug-likeness (QED) is 0.750. The molecule has 1 atom stereocenters. The van der Waals surface area contributed by atoms with Crippen molar-refractivity contribution in [1.82, 2.24) is 30.5 Å². The Morgan fingerprint density at radius 3 is 3.04 bits per heavy atom. The fraction of sp³-hybridized carbons (Fsp3) is 0.412. The highest BCUT2D eigenvalue weighted by Gasteiger charge is 2.31. The molecule has 27 heavy (non-hydrogen) atoms. The molecule has 0 bridgehead atoms. The van der Waals surface area contributed by atoms with Crippen LogP contribution in [-0.2, 0) is 6.42 Å². The molecule has 1 unspecified atom stereocenters. The van der Waals surface area contributed by atoms with Crippen LogP contribution in [0.1, 0.15) is 30.1 Å². The highest BCUT2D eigenvalue weighted by atomic mass is 19.3. The SMILES string of the molecule is FC(F)c1c(-c2nc(-c3ccc4c(c3)CCO4)no2)nnn1C1CCNC1. The van der Waals surface area contributed by atoms with E-state index in [1.165, 1.54) is 4.68 Å². The van der Waals surface area contributed by atoms with Gasteiger partial charge in [-0.1, -0.05) is 10.4 Å². The van der Waals surface area contributed by atoms with E-state index in [4.69, 9.17) is 9.26 Å². The Morgan fingerprint density at radius 2 is 2.22 bits per heavy atom. The van der Waals surface area contributed by atoms with Gasteiger partial charge in [-0.25, -0.2) is 13.5 Å². The summed E-state index contributed by atoms with van der Waals surface area (Å²) in [6.45, 7) is 1.98. The van der Waals surface area contributed by atoms with Crippen LogP contribution in [0.4, 0.5) is 8.78 Å². The zero-order chi connectivity index (χ0) is 18.4. The zero-order valence-electron chi connectivity index (χ0n) is 14.2. The summed E-state index contributed by atoms with van der Waals surface area (Å²) >= 11 is 0. The van der Waals surface area contributed by atoms with E-state index >= 15 is 0 Å². The minimum atomic E-state index is -2.75. The predicted molar refractivity (Wildman–Crippen MR) is 89.4 cm³/mol. The van der Waals surface area contributed by atoms with Crippen LogP contribution in [0.15, 0.2) is 22.7 Å². The van der Waals surface area contributed by atoms with E-state index < -0.39 is 6.43 Å². The highest BCUT2D eigenvalue weighted by Crippen LogP contribution is 2.33. The number of hydrogen-bond acceptors (Lipinski definition) is 7. The summed E-state index contributed by atoms with van der Waals surface area (Å²) < 4.78 is 39.4. The molecule has 1 saturated heterocycles. The molecule has 0 amide bonds. The lowest BCUT2D eigenvalue weighted by Gasteiger charge is -2.11. The average molecular weight is 374 g/mol. The van der Waals surface area contributed by atoms with E-state index in [-0.39, 0.29) is 23.3 Å². The third-order valence-corrected chi connectivity index (χ3v) is 4.89. The molecule has 140 valence electrons. The van der Waals surface area contributed by atoms with Gasteiger partial charge in [0.15, 0.2) is 5.69 Å². The van der Waals surface area contributed by atoms with Crippen LogP contribution in [0, 0.1) is 0 Å². The first-order chi connectivity index (χ1) is 13.2. The first-order valence-electron chi connectivity index (χ1n) is 8.75. The fourth-order valence-corrected chi connectivity index (χ4v) is 3.54. The van der Waals surface area contributed by atoms with Crippen molar-refractivity contribution in [3.63, 3.8) is 0 Å². The maximum atomic E-state index is 13.7. The first-order valence-corrected chi connectivity index (χ1v) is 8.75. The zero-order valence-corrected chi connectivity index (χ0v) is 14.2. The lowest BCUT2D eigenvalue weighted by molar-refractivity contribution is 0.136. The van der Waals surface area contributed by atoms with Gasteiger partial charge in [-0.3, -0.25) is 0 Å². The molecule has 0 radical (unpaired) electrons. The molecule has 0 saturated carbocycles. The van der Waals surface area contributed by atoms with Gasteiger partial charge < -0.3 is 14.6 Å². The van der Waals surface area contributed by atoms with E-state index in [0.29, 0.717) is 19.0 Å². The largest absolute Gasteiger partial charge is 0.493 e. The van der Waals surface area contributed by atoms with Crippen LogP contribution < -0.4 is 10.1 Å². The lowest BCUT2D eigenvalue weighted by atomic mass is 10.1. The van der Waals surface area contributed by atoms with Crippen molar-refractivity contribution in [3.8, 4) is 28.7 Å². The third kappa shape index (κ3) is 2.76. The molecule has 1 N–H and O–H groups in total. The topological polar surface area (TPSA) is 90.9 Å². The molecule has 8 nitrogen and oxygen atoms in total. The van der Waals surface area contributed by atoms with Gasteiger partial charge >= 0.3 is 0 Å². The molecule has 1 aromatic carbocycles. The van der Waals surface area contributed by atoms with Crippen LogP contribution in [0.5, 0.6) is 5.75 Å². The lowest BCUT2D eigenvalue weighted by Crippen LogP contribution is -2.17. The van der Waals surface area contributed by atoms with Crippen molar-refractivity contribution in [2.24, 2.45) is 0 Å². The van der Waals surface area contributed by atoms with Crippen LogP contribution >= 0.6 is 0 Å². The highest BCUT2D eigenvalue weighted by molar-refractivity contribution is 5.61. The number of halogens is 2. The molecule has 10 heteroatoms. The molecular formula is C17H16F2N6O2. The van der Waals surface area contributed by atoms with Crippen molar-refractivity contribution in [2.75, 3.05) is 19.7 Å². The van der Waals surface area contributed by atoms with Gasteiger partial charge in [-0.2, -0.15) is 4.98 Å². The number of ether oxygens (including phenoxy) is 1. The molecule has 2 aliphatic heterocycles. The summed E-state index contributed by atoms with van der Waals surface area (Å²) in [6, 6.07) is 5.43. The van der Waals surface area contributed by atoms with Gasteiger partial charge in [0.1, 0.15) is 11.4 Å². The molecule has 1 fully saturated rings. The molecule has 5 rings (SSSR count). The average Bonchev–Trinajstić information content (AvgIpc) is 3.47. The fourth-order valence-electron chi connectivity index (χ4n) is 3.54. The van der Waals surface area contributed by atoms with Crippen LogP contribution in [0.25, 0.3) is 23.0 Å². The summed E-state index contributed by atoms with van der Waals surface area (Å²) in [4.78, 5) is 4.28. The van der Waals surface area contributed by atoms with E-state index in [9.17, 15) is 8.78 Å². The van der Waals surface area contributed by atoms with Gasteiger partial charge in [0.25, 0.3) is 12.3 Å². The number of fused-ring (bicyclic) bond motifs is 1. The molecule has 0 aliphatic carbocycles. The molecular weight excluding hydrogens is 358 g/mol. The second-order valence-corrected chi connectivity index (χ2v) is 6.56. The molecule has 2 aliphatic rings. The van der Waals surface area contributed by atoms with Crippen molar-refractivity contribution in [1.29, 1.82) is 0 Å². The number of rotatable bonds is 4. The van der Waals surface area contributed by atoms with Gasteiger partial charge in [0, 0.05) is 18.5 Å². The maximum Gasteiger partial charge on any atom is 0.282 e. The second kappa shape index (κ2) is 6.38. The summed E-state index contributed by atoms with van der Waals surface area (Å²) in [7, 11) is 0. The van der Waals surface area contributed by atoms with Crippen LogP contribution in [0.3, 0.4) is 0 Å². The van der Waals surface area contributed by atoms with Gasteiger partial charge in [0.05, 0.1) is 12.6 Å². The minimum absolute atomic E-state index is 0.0609. The van der Waals surface area contributed by atoms with Gasteiger partial charge in [0.2, 0.25) is 5.82 Å². The second-order valence-electron chi connectivity index (χ2n) is 6.56. The Bertz CT molecular complexity index is 980. The van der Waals surface area contributed by atoms with E-state index in [1.54, 1.807) is 0 Å². The monoisotopic (exact) mass is 374 g/mol. The Balaban J connectivity index is 1.51. The van der Waals surface area contributed by atoms with Gasteiger partial charge in [-0.05, 0) is 36.7 Å². The van der Waals surface area contributed by atoms with Crippen LogP contribution in [0.2, 0.25) is 0 Å². The Hall–Kier alpha value is -2.88. The summed E-state index contributed by atoms with van der Waals surface area (Å²) in [5.41, 5.74) is 1.44. The van der Waals surface area contributed by atoms with E-state index in [2.05, 4.69) is 25.8 Å². The number of nitrogens with one attached hydrogen (secondary N) is 1. The summed E-state index contributed by atoms with van der Waals surface area (Å²) in [6.07, 6.45) is -1.22. The van der Waals surface area contributed by atoms with Crippen molar-refractivity contribution in [2.45, 2.75) is 25.3 Å². The summed E-state index contributed by atoms with van der Waals surface area (Å²) in [5, 5.41) is 14.9. The minimum Gasteiger partial charge on any atom is -0.493 e. The Kier molecular flexibility index (Phi) is 3.85. The van der Waals surface area contributed by atoms with Crippen LogP contribution in [-0.4, -0.2) is 44.8 Å². The number of nitrogens with zero attached hydrogens (tertiary/aromatic N) is 5. The number of benzene rings is 1.